The predicted octanol–water partition coefficient (Wildman–Crippen LogP) is 2.91. The topological polar surface area (TPSA) is 54.0 Å². The second-order valence-electron chi connectivity index (χ2n) is 4.36. The molecule has 0 saturated carbocycles. The third kappa shape index (κ3) is 4.84. The summed E-state index contributed by atoms with van der Waals surface area (Å²) >= 11 is 0. The van der Waals surface area contributed by atoms with Gasteiger partial charge in [0, 0.05) is 11.6 Å². The van der Waals surface area contributed by atoms with E-state index in [0.717, 1.165) is 23.6 Å². The zero-order chi connectivity index (χ0) is 16.4. The Hall–Kier alpha value is -2.43. The number of aryl methyl sites for hydroxylation is 1. The van der Waals surface area contributed by atoms with E-state index in [0.29, 0.717) is 24.7 Å². The molecular weight excluding hydrogens is 284 g/mol. The van der Waals surface area contributed by atoms with Crippen molar-refractivity contribution in [3.05, 3.63) is 54.0 Å². The molecule has 1 aromatic carbocycles. The molecule has 0 spiro atoms. The van der Waals surface area contributed by atoms with E-state index < -0.39 is 5.97 Å². The number of methoxy groups -OCH3 is 3. The summed E-state index contributed by atoms with van der Waals surface area (Å²) in [5.41, 5.74) is 1.94. The van der Waals surface area contributed by atoms with E-state index >= 15 is 0 Å². The molecule has 0 saturated heterocycles. The van der Waals surface area contributed by atoms with Crippen LogP contribution in [0.3, 0.4) is 0 Å². The van der Waals surface area contributed by atoms with Crippen LogP contribution in [0.2, 0.25) is 0 Å². The summed E-state index contributed by atoms with van der Waals surface area (Å²) in [5.74, 6) is 0.434. The molecule has 0 aliphatic rings. The number of ether oxygens (including phenoxy) is 4. The minimum atomic E-state index is -0.410. The third-order valence-electron chi connectivity index (χ3n) is 3.02. The molecule has 5 nitrogen and oxygen atoms in total. The first-order valence-corrected chi connectivity index (χ1v) is 6.91. The van der Waals surface area contributed by atoms with E-state index in [1.807, 2.05) is 24.3 Å². The van der Waals surface area contributed by atoms with Crippen LogP contribution in [0.5, 0.6) is 0 Å². The van der Waals surface area contributed by atoms with Gasteiger partial charge in [0.2, 0.25) is 5.76 Å². The van der Waals surface area contributed by atoms with Crippen molar-refractivity contribution in [1.29, 1.82) is 0 Å². The van der Waals surface area contributed by atoms with Crippen LogP contribution in [0.4, 0.5) is 0 Å². The van der Waals surface area contributed by atoms with Crippen LogP contribution in [0.15, 0.2) is 42.9 Å². The van der Waals surface area contributed by atoms with Crippen molar-refractivity contribution in [3.8, 4) is 0 Å². The maximum Gasteiger partial charge on any atom is 0.330 e. The van der Waals surface area contributed by atoms with E-state index in [1.54, 1.807) is 7.11 Å². The fourth-order valence-electron chi connectivity index (χ4n) is 2.03. The van der Waals surface area contributed by atoms with Crippen molar-refractivity contribution in [2.24, 2.45) is 0 Å². The van der Waals surface area contributed by atoms with Gasteiger partial charge in [-0.3, -0.25) is 0 Å². The van der Waals surface area contributed by atoms with E-state index in [4.69, 9.17) is 18.9 Å². The molecule has 120 valence electrons. The number of carbonyl (C=O) groups is 1. The van der Waals surface area contributed by atoms with E-state index in [2.05, 4.69) is 6.58 Å². The molecule has 0 bridgehead atoms. The number of esters is 1. The van der Waals surface area contributed by atoms with Crippen LogP contribution < -0.4 is 0 Å². The third-order valence-corrected chi connectivity index (χ3v) is 3.02. The summed E-state index contributed by atoms with van der Waals surface area (Å²) in [6.07, 6.45) is 2.58. The molecule has 0 aromatic heterocycles. The zero-order valence-electron chi connectivity index (χ0n) is 13.3. The summed E-state index contributed by atoms with van der Waals surface area (Å²) in [5, 5.41) is 0. The van der Waals surface area contributed by atoms with E-state index in [1.165, 1.54) is 14.2 Å². The highest BCUT2D eigenvalue weighted by Gasteiger charge is 2.15. The minimum Gasteiger partial charge on any atom is -0.490 e. The van der Waals surface area contributed by atoms with Crippen molar-refractivity contribution in [1.82, 2.24) is 0 Å². The molecule has 0 heterocycles. The Morgan fingerprint density at radius 2 is 1.82 bits per heavy atom. The molecule has 1 rings (SSSR count). The van der Waals surface area contributed by atoms with Gasteiger partial charge in [-0.25, -0.2) is 4.79 Å². The number of benzene rings is 1. The fourth-order valence-corrected chi connectivity index (χ4v) is 2.03. The smallest absolute Gasteiger partial charge is 0.330 e. The first kappa shape index (κ1) is 17.6. The lowest BCUT2D eigenvalue weighted by Gasteiger charge is -2.15. The van der Waals surface area contributed by atoms with Crippen molar-refractivity contribution in [2.75, 3.05) is 27.9 Å². The SMILES string of the molecule is C=CC(=O)OCCCc1ccccc1C(OC)=C(OC)OC. The average molecular weight is 306 g/mol. The van der Waals surface area contributed by atoms with Crippen LogP contribution in [0, 0.1) is 0 Å². The van der Waals surface area contributed by atoms with Gasteiger partial charge >= 0.3 is 11.9 Å². The molecule has 0 atom stereocenters. The number of hydrogen-bond donors (Lipinski definition) is 0. The maximum atomic E-state index is 11.0. The predicted molar refractivity (Wildman–Crippen MR) is 83.9 cm³/mol. The normalized spacial score (nSPS) is 9.59. The molecule has 0 N–H and O–H groups in total. The molecule has 0 radical (unpaired) electrons. The van der Waals surface area contributed by atoms with Crippen molar-refractivity contribution < 1.29 is 23.7 Å². The largest absolute Gasteiger partial charge is 0.490 e. The van der Waals surface area contributed by atoms with E-state index in [-0.39, 0.29) is 0 Å². The van der Waals surface area contributed by atoms with Crippen LogP contribution in [-0.2, 0) is 30.2 Å². The minimum absolute atomic E-state index is 0.313. The van der Waals surface area contributed by atoms with Gasteiger partial charge in [-0.1, -0.05) is 30.8 Å². The lowest BCUT2D eigenvalue weighted by atomic mass is 10.0. The Bertz CT molecular complexity index is 528. The summed E-state index contributed by atoms with van der Waals surface area (Å²) in [4.78, 5) is 11.0. The average Bonchev–Trinajstić information content (AvgIpc) is 2.56. The van der Waals surface area contributed by atoms with Crippen molar-refractivity contribution >= 4 is 11.7 Å². The Morgan fingerprint density at radius 3 is 2.41 bits per heavy atom. The van der Waals surface area contributed by atoms with Crippen LogP contribution in [-0.4, -0.2) is 33.9 Å². The van der Waals surface area contributed by atoms with Crippen LogP contribution in [0.25, 0.3) is 5.76 Å². The van der Waals surface area contributed by atoms with Crippen molar-refractivity contribution in [3.63, 3.8) is 0 Å². The van der Waals surface area contributed by atoms with Crippen LogP contribution >= 0.6 is 0 Å². The lowest BCUT2D eigenvalue weighted by Crippen LogP contribution is -2.05. The fraction of sp³-hybridized carbons (Fsp3) is 0.353. The highest BCUT2D eigenvalue weighted by atomic mass is 16.7. The second kappa shape index (κ2) is 9.50. The molecule has 0 unspecified atom stereocenters. The van der Waals surface area contributed by atoms with Gasteiger partial charge in [-0.05, 0) is 18.4 Å². The van der Waals surface area contributed by atoms with Crippen molar-refractivity contribution in [2.45, 2.75) is 12.8 Å². The molecule has 0 aliphatic carbocycles. The van der Waals surface area contributed by atoms with Gasteiger partial charge in [-0.2, -0.15) is 0 Å². The molecular formula is C17H22O5. The summed E-state index contributed by atoms with van der Waals surface area (Å²) < 4.78 is 20.8. The monoisotopic (exact) mass is 306 g/mol. The van der Waals surface area contributed by atoms with Gasteiger partial charge in [0.1, 0.15) is 0 Å². The first-order chi connectivity index (χ1) is 10.7. The number of rotatable bonds is 9. The number of hydrogen-bond acceptors (Lipinski definition) is 5. The van der Waals surface area contributed by atoms with Gasteiger partial charge in [0.15, 0.2) is 0 Å². The Morgan fingerprint density at radius 1 is 1.14 bits per heavy atom. The Labute approximate surface area is 131 Å². The van der Waals surface area contributed by atoms with E-state index in [9.17, 15) is 4.79 Å². The molecule has 22 heavy (non-hydrogen) atoms. The van der Waals surface area contributed by atoms with Crippen LogP contribution in [0.1, 0.15) is 17.5 Å². The first-order valence-electron chi connectivity index (χ1n) is 6.91. The summed E-state index contributed by atoms with van der Waals surface area (Å²) in [6.45, 7) is 3.70. The lowest BCUT2D eigenvalue weighted by molar-refractivity contribution is -0.137. The summed E-state index contributed by atoms with van der Waals surface area (Å²) in [6, 6.07) is 7.79. The Kier molecular flexibility index (Phi) is 7.61. The zero-order valence-corrected chi connectivity index (χ0v) is 13.3. The standard InChI is InChI=1S/C17H22O5/c1-5-15(18)22-12-8-10-13-9-6-7-11-14(13)16(19-2)17(20-3)21-4/h5-7,9,11H,1,8,10,12H2,2-4H3. The number of carbonyl (C=O) groups excluding carboxylic acids is 1. The van der Waals surface area contributed by atoms with Gasteiger partial charge in [0.05, 0.1) is 27.9 Å². The highest BCUT2D eigenvalue weighted by Crippen LogP contribution is 2.25. The molecule has 0 fully saturated rings. The van der Waals surface area contributed by atoms with Gasteiger partial charge in [-0.15, -0.1) is 0 Å². The quantitative estimate of drug-likeness (QED) is 0.304. The molecule has 1 aromatic rings. The molecule has 0 aliphatic heterocycles. The maximum absolute atomic E-state index is 11.0. The molecule has 0 amide bonds. The highest BCUT2D eigenvalue weighted by molar-refractivity contribution is 5.81. The summed E-state index contributed by atoms with van der Waals surface area (Å²) in [7, 11) is 4.61. The Balaban J connectivity index is 2.87. The second-order valence-corrected chi connectivity index (χ2v) is 4.36. The molecule has 5 heteroatoms. The van der Waals surface area contributed by atoms with Gasteiger partial charge < -0.3 is 18.9 Å². The van der Waals surface area contributed by atoms with Gasteiger partial charge in [0.25, 0.3) is 0 Å².